The van der Waals surface area contributed by atoms with Crippen molar-refractivity contribution in [3.05, 3.63) is 27.5 Å². The Hall–Kier alpha value is -1.69. The normalized spacial score (nSPS) is 11.7. The maximum Gasteiger partial charge on any atom is 0.275 e. The summed E-state index contributed by atoms with van der Waals surface area (Å²) in [5, 5.41) is 10.4. The lowest BCUT2D eigenvalue weighted by atomic mass is 9.91. The third-order valence-electron chi connectivity index (χ3n) is 3.14. The van der Waals surface area contributed by atoms with Crippen molar-refractivity contribution in [2.24, 2.45) is 7.05 Å². The summed E-state index contributed by atoms with van der Waals surface area (Å²) < 4.78 is 1.40. The third kappa shape index (κ3) is 3.50. The van der Waals surface area contributed by atoms with Crippen LogP contribution in [-0.4, -0.2) is 21.3 Å². The van der Waals surface area contributed by atoms with Crippen LogP contribution < -0.4 is 10.9 Å². The zero-order valence-corrected chi connectivity index (χ0v) is 14.0. The van der Waals surface area contributed by atoms with Crippen LogP contribution in [0.15, 0.2) is 16.2 Å². The van der Waals surface area contributed by atoms with Gasteiger partial charge >= 0.3 is 0 Å². The van der Waals surface area contributed by atoms with Crippen molar-refractivity contribution >= 4 is 16.5 Å². The summed E-state index contributed by atoms with van der Waals surface area (Å²) in [7, 11) is 1.68. The van der Waals surface area contributed by atoms with Gasteiger partial charge in [-0.2, -0.15) is 5.10 Å². The van der Waals surface area contributed by atoms with Gasteiger partial charge in [0.1, 0.15) is 0 Å². The maximum absolute atomic E-state index is 12.3. The first-order valence-corrected chi connectivity index (χ1v) is 7.99. The fourth-order valence-corrected chi connectivity index (χ4v) is 2.61. The monoisotopic (exact) mass is 306 g/mol. The molecular formula is C15H22N4OS. The number of aromatic nitrogens is 3. The molecule has 5 nitrogen and oxygen atoms in total. The Labute approximate surface area is 129 Å². The second-order valence-electron chi connectivity index (χ2n) is 6.09. The second kappa shape index (κ2) is 5.97. The van der Waals surface area contributed by atoms with Gasteiger partial charge in [0.15, 0.2) is 5.13 Å². The average Bonchev–Trinajstić information content (AvgIpc) is 2.86. The number of nitrogens with zero attached hydrogens (tertiary/aromatic N) is 3. The van der Waals surface area contributed by atoms with Crippen molar-refractivity contribution in [3.8, 4) is 11.3 Å². The quantitative estimate of drug-likeness (QED) is 0.943. The van der Waals surface area contributed by atoms with Gasteiger partial charge < -0.3 is 5.32 Å². The van der Waals surface area contributed by atoms with Crippen LogP contribution in [0.2, 0.25) is 0 Å². The molecule has 0 bridgehead atoms. The van der Waals surface area contributed by atoms with Crippen molar-refractivity contribution in [1.82, 2.24) is 14.8 Å². The van der Waals surface area contributed by atoms with Crippen LogP contribution in [0.4, 0.5) is 5.13 Å². The van der Waals surface area contributed by atoms with Gasteiger partial charge in [-0.25, -0.2) is 9.67 Å². The van der Waals surface area contributed by atoms with Crippen molar-refractivity contribution in [1.29, 1.82) is 0 Å². The van der Waals surface area contributed by atoms with E-state index < -0.39 is 0 Å². The molecule has 1 N–H and O–H groups in total. The molecule has 0 aliphatic carbocycles. The predicted molar refractivity (Wildman–Crippen MR) is 88.1 cm³/mol. The molecule has 0 spiro atoms. The molecule has 0 radical (unpaired) electrons. The number of hydrogen-bond donors (Lipinski definition) is 1. The summed E-state index contributed by atoms with van der Waals surface area (Å²) in [4.78, 5) is 16.8. The zero-order chi connectivity index (χ0) is 15.6. The van der Waals surface area contributed by atoms with E-state index in [0.717, 1.165) is 23.8 Å². The smallest absolute Gasteiger partial charge is 0.275 e. The van der Waals surface area contributed by atoms with Crippen LogP contribution in [0.3, 0.4) is 0 Å². The molecule has 6 heteroatoms. The Morgan fingerprint density at radius 2 is 2.10 bits per heavy atom. The van der Waals surface area contributed by atoms with Gasteiger partial charge in [-0.1, -0.05) is 27.7 Å². The highest BCUT2D eigenvalue weighted by molar-refractivity contribution is 7.14. The minimum absolute atomic E-state index is 0.112. The van der Waals surface area contributed by atoms with Gasteiger partial charge in [-0.3, -0.25) is 4.79 Å². The van der Waals surface area contributed by atoms with Gasteiger partial charge in [0.05, 0.1) is 17.0 Å². The van der Waals surface area contributed by atoms with Gasteiger partial charge in [0, 0.05) is 24.4 Å². The molecule has 0 fully saturated rings. The van der Waals surface area contributed by atoms with Gasteiger partial charge in [0.2, 0.25) is 0 Å². The van der Waals surface area contributed by atoms with Crippen LogP contribution in [0.25, 0.3) is 11.3 Å². The first-order chi connectivity index (χ1) is 9.82. The molecule has 0 saturated carbocycles. The van der Waals surface area contributed by atoms with E-state index in [0.29, 0.717) is 11.3 Å². The van der Waals surface area contributed by atoms with Crippen LogP contribution in [-0.2, 0) is 12.5 Å². The average molecular weight is 306 g/mol. The first-order valence-electron chi connectivity index (χ1n) is 7.11. The van der Waals surface area contributed by atoms with Crippen LogP contribution in [0.5, 0.6) is 0 Å². The standard InChI is InChI=1S/C15H22N4OS/c1-6-7-16-14-17-11(9-21-14)10-8-12(15(2,3)4)18-19(5)13(10)20/h8-9H,6-7H2,1-5H3,(H,16,17). The molecule has 0 aliphatic rings. The molecule has 0 aromatic carbocycles. The molecule has 0 unspecified atom stereocenters. The molecule has 0 amide bonds. The minimum atomic E-state index is -0.115. The fraction of sp³-hybridized carbons (Fsp3) is 0.533. The Bertz CT molecular complexity index is 682. The van der Waals surface area contributed by atoms with E-state index >= 15 is 0 Å². The lowest BCUT2D eigenvalue weighted by molar-refractivity contribution is 0.532. The fourth-order valence-electron chi connectivity index (χ4n) is 1.87. The Morgan fingerprint density at radius 3 is 2.71 bits per heavy atom. The summed E-state index contributed by atoms with van der Waals surface area (Å²) in [6.45, 7) is 9.24. The molecule has 0 aliphatic heterocycles. The summed E-state index contributed by atoms with van der Waals surface area (Å²) in [5.74, 6) is 0. The van der Waals surface area contributed by atoms with E-state index in [1.807, 2.05) is 11.4 Å². The van der Waals surface area contributed by atoms with Crippen molar-refractivity contribution in [2.75, 3.05) is 11.9 Å². The highest BCUT2D eigenvalue weighted by Gasteiger charge is 2.20. The van der Waals surface area contributed by atoms with E-state index in [9.17, 15) is 4.79 Å². The van der Waals surface area contributed by atoms with Gasteiger partial charge in [0.25, 0.3) is 5.56 Å². The van der Waals surface area contributed by atoms with E-state index in [1.54, 1.807) is 7.05 Å². The predicted octanol–water partition coefficient (Wildman–Crippen LogP) is 3.02. The summed E-state index contributed by atoms with van der Waals surface area (Å²) in [6.07, 6.45) is 1.04. The van der Waals surface area contributed by atoms with Gasteiger partial charge in [-0.15, -0.1) is 11.3 Å². The first kappa shape index (κ1) is 15.7. The number of hydrogen-bond acceptors (Lipinski definition) is 5. The maximum atomic E-state index is 12.3. The summed E-state index contributed by atoms with van der Waals surface area (Å²) >= 11 is 1.52. The van der Waals surface area contributed by atoms with Gasteiger partial charge in [-0.05, 0) is 12.5 Å². The second-order valence-corrected chi connectivity index (χ2v) is 6.94. The van der Waals surface area contributed by atoms with Crippen LogP contribution in [0, 0.1) is 0 Å². The number of rotatable bonds is 4. The molecule has 0 saturated heterocycles. The lowest BCUT2D eigenvalue weighted by Crippen LogP contribution is -2.26. The largest absolute Gasteiger partial charge is 0.362 e. The molecule has 2 aromatic rings. The summed E-state index contributed by atoms with van der Waals surface area (Å²) in [6, 6.07) is 1.86. The van der Waals surface area contributed by atoms with Crippen molar-refractivity contribution in [3.63, 3.8) is 0 Å². The lowest BCUT2D eigenvalue weighted by Gasteiger charge is -2.18. The van der Waals surface area contributed by atoms with Crippen molar-refractivity contribution < 1.29 is 0 Å². The third-order valence-corrected chi connectivity index (χ3v) is 3.94. The molecule has 21 heavy (non-hydrogen) atoms. The van der Waals surface area contributed by atoms with Crippen molar-refractivity contribution in [2.45, 2.75) is 39.5 Å². The molecule has 2 rings (SSSR count). The topological polar surface area (TPSA) is 59.8 Å². The molecular weight excluding hydrogens is 284 g/mol. The molecule has 2 aromatic heterocycles. The number of aryl methyl sites for hydroxylation is 1. The van der Waals surface area contributed by atoms with E-state index in [2.05, 4.69) is 43.1 Å². The Morgan fingerprint density at radius 1 is 1.38 bits per heavy atom. The molecule has 114 valence electrons. The molecule has 0 atom stereocenters. The van der Waals surface area contributed by atoms with Crippen LogP contribution in [0.1, 0.15) is 39.8 Å². The highest BCUT2D eigenvalue weighted by Crippen LogP contribution is 2.26. The number of anilines is 1. The Kier molecular flexibility index (Phi) is 4.46. The van der Waals surface area contributed by atoms with E-state index in [-0.39, 0.29) is 11.0 Å². The van der Waals surface area contributed by atoms with E-state index in [1.165, 1.54) is 16.0 Å². The Balaban J connectivity index is 2.45. The highest BCUT2D eigenvalue weighted by atomic mass is 32.1. The van der Waals surface area contributed by atoms with Crippen LogP contribution >= 0.6 is 11.3 Å². The molecule has 2 heterocycles. The SMILES string of the molecule is CCCNc1nc(-c2cc(C(C)(C)C)nn(C)c2=O)cs1. The summed E-state index contributed by atoms with van der Waals surface area (Å²) in [5.41, 5.74) is 1.98. The zero-order valence-electron chi connectivity index (χ0n) is 13.2. The number of thiazole rings is 1. The van der Waals surface area contributed by atoms with E-state index in [4.69, 9.17) is 0 Å². The minimum Gasteiger partial charge on any atom is -0.362 e. The number of nitrogens with one attached hydrogen (secondary N) is 1.